The van der Waals surface area contributed by atoms with Crippen molar-refractivity contribution in [3.63, 3.8) is 0 Å². The van der Waals surface area contributed by atoms with Gasteiger partial charge in [-0.2, -0.15) is 0 Å². The van der Waals surface area contributed by atoms with Gasteiger partial charge in [0.25, 0.3) is 0 Å². The van der Waals surface area contributed by atoms with Gasteiger partial charge in [-0.25, -0.2) is 9.97 Å². The van der Waals surface area contributed by atoms with Crippen LogP contribution in [0.1, 0.15) is 0 Å². The number of anilines is 2. The van der Waals surface area contributed by atoms with Gasteiger partial charge in [-0.3, -0.25) is 0 Å². The number of halogens is 1. The summed E-state index contributed by atoms with van der Waals surface area (Å²) in [7, 11) is 0. The van der Waals surface area contributed by atoms with E-state index in [1.807, 2.05) is 30.3 Å². The van der Waals surface area contributed by atoms with Crippen molar-refractivity contribution in [1.82, 2.24) is 14.5 Å². The van der Waals surface area contributed by atoms with E-state index in [-0.39, 0.29) is 0 Å². The molecule has 0 spiro atoms. The molecule has 3 aromatic carbocycles. The molecular formula is C28H24ClN5. The molecule has 0 amide bonds. The van der Waals surface area contributed by atoms with Gasteiger partial charge in [-0.05, 0) is 42.0 Å². The molecule has 0 saturated carbocycles. The smallest absolute Gasteiger partial charge is 0.150 e. The first-order valence-electron chi connectivity index (χ1n) is 11.5. The standard InChI is InChI=1S/C28H24ClN5/c29-22-11-13-24(14-12-22)34-19-25(21-7-3-1-4-8-21)26-27(30-20-31-28(26)34)33-17-15-32(16-18-33)23-9-5-2-6-10-23/h1-14,19-20H,15-18H2. The van der Waals surface area contributed by atoms with Crippen LogP contribution in [-0.2, 0) is 0 Å². The van der Waals surface area contributed by atoms with Crippen LogP contribution in [0.2, 0.25) is 5.02 Å². The van der Waals surface area contributed by atoms with E-state index < -0.39 is 0 Å². The maximum atomic E-state index is 6.16. The third kappa shape index (κ3) is 3.78. The molecule has 0 atom stereocenters. The van der Waals surface area contributed by atoms with Gasteiger partial charge in [0, 0.05) is 54.3 Å². The molecule has 0 N–H and O–H groups in total. The van der Waals surface area contributed by atoms with Crippen molar-refractivity contribution in [2.75, 3.05) is 36.0 Å². The van der Waals surface area contributed by atoms with Gasteiger partial charge in [0.05, 0.1) is 5.39 Å². The highest BCUT2D eigenvalue weighted by atomic mass is 35.5. The average molecular weight is 466 g/mol. The average Bonchev–Trinajstić information content (AvgIpc) is 3.30. The molecule has 3 heterocycles. The molecule has 1 aliphatic rings. The summed E-state index contributed by atoms with van der Waals surface area (Å²) in [4.78, 5) is 14.4. The van der Waals surface area contributed by atoms with Gasteiger partial charge < -0.3 is 14.4 Å². The Bertz CT molecular complexity index is 1410. The molecule has 1 aliphatic heterocycles. The van der Waals surface area contributed by atoms with Crippen LogP contribution in [0.15, 0.2) is 97.5 Å². The van der Waals surface area contributed by atoms with Gasteiger partial charge in [0.1, 0.15) is 12.1 Å². The van der Waals surface area contributed by atoms with Crippen LogP contribution >= 0.6 is 11.6 Å². The number of hydrogen-bond acceptors (Lipinski definition) is 4. The zero-order valence-corrected chi connectivity index (χ0v) is 19.4. The van der Waals surface area contributed by atoms with Crippen molar-refractivity contribution >= 4 is 34.1 Å². The third-order valence-corrected chi connectivity index (χ3v) is 6.71. The lowest BCUT2D eigenvalue weighted by Gasteiger charge is -2.37. The normalized spacial score (nSPS) is 14.0. The minimum Gasteiger partial charge on any atom is -0.368 e. The maximum Gasteiger partial charge on any atom is 0.150 e. The molecule has 6 rings (SSSR count). The Balaban J connectivity index is 1.43. The highest BCUT2D eigenvalue weighted by Crippen LogP contribution is 2.37. The Morgan fingerprint density at radius 3 is 2.00 bits per heavy atom. The number of rotatable bonds is 4. The van der Waals surface area contributed by atoms with Crippen LogP contribution in [0.25, 0.3) is 27.8 Å². The number of nitrogens with zero attached hydrogens (tertiary/aromatic N) is 5. The minimum atomic E-state index is 0.718. The third-order valence-electron chi connectivity index (χ3n) is 6.45. The summed E-state index contributed by atoms with van der Waals surface area (Å²) in [5, 5.41) is 1.80. The Kier molecular flexibility index (Phi) is 5.40. The molecule has 6 heteroatoms. The molecule has 0 bridgehead atoms. The summed E-state index contributed by atoms with van der Waals surface area (Å²) in [6.45, 7) is 3.71. The zero-order valence-electron chi connectivity index (χ0n) is 18.7. The van der Waals surface area contributed by atoms with Crippen molar-refractivity contribution in [1.29, 1.82) is 0 Å². The van der Waals surface area contributed by atoms with Gasteiger partial charge >= 0.3 is 0 Å². The van der Waals surface area contributed by atoms with E-state index in [1.54, 1.807) is 6.33 Å². The van der Waals surface area contributed by atoms with Crippen LogP contribution in [0, 0.1) is 0 Å². The summed E-state index contributed by atoms with van der Waals surface area (Å²) < 4.78 is 2.14. The van der Waals surface area contributed by atoms with Crippen LogP contribution in [0.5, 0.6) is 0 Å². The Morgan fingerprint density at radius 1 is 0.647 bits per heavy atom. The first-order valence-corrected chi connectivity index (χ1v) is 11.9. The summed E-state index contributed by atoms with van der Waals surface area (Å²) >= 11 is 6.16. The molecule has 0 unspecified atom stereocenters. The number of fused-ring (bicyclic) bond motifs is 1. The van der Waals surface area contributed by atoms with Crippen LogP contribution in [-0.4, -0.2) is 40.7 Å². The molecule has 1 fully saturated rings. The van der Waals surface area contributed by atoms with E-state index >= 15 is 0 Å². The number of aromatic nitrogens is 3. The first kappa shape index (κ1) is 20.8. The summed E-state index contributed by atoms with van der Waals surface area (Å²) in [5.41, 5.74) is 5.48. The van der Waals surface area contributed by atoms with Crippen molar-refractivity contribution < 1.29 is 0 Å². The molecule has 34 heavy (non-hydrogen) atoms. The molecule has 2 aromatic heterocycles. The van der Waals surface area contributed by atoms with E-state index in [0.717, 1.165) is 64.9 Å². The van der Waals surface area contributed by atoms with E-state index in [2.05, 4.69) is 75.2 Å². The number of benzene rings is 3. The molecule has 0 radical (unpaired) electrons. The lowest BCUT2D eigenvalue weighted by Crippen LogP contribution is -2.46. The first-order chi connectivity index (χ1) is 16.8. The zero-order chi connectivity index (χ0) is 22.9. The van der Waals surface area contributed by atoms with Crippen molar-refractivity contribution in [3.8, 4) is 16.8 Å². The van der Waals surface area contributed by atoms with Crippen molar-refractivity contribution in [2.45, 2.75) is 0 Å². The SMILES string of the molecule is Clc1ccc(-n2cc(-c3ccccc3)c3c(N4CCN(c5ccccc5)CC4)ncnc32)cc1. The van der Waals surface area contributed by atoms with Gasteiger partial charge in [0.15, 0.2) is 5.65 Å². The second kappa shape index (κ2) is 8.84. The summed E-state index contributed by atoms with van der Waals surface area (Å²) in [6, 6.07) is 29.0. The summed E-state index contributed by atoms with van der Waals surface area (Å²) in [6.07, 6.45) is 3.85. The number of hydrogen-bond donors (Lipinski definition) is 0. The minimum absolute atomic E-state index is 0.718. The second-order valence-corrected chi connectivity index (χ2v) is 8.90. The highest BCUT2D eigenvalue weighted by Gasteiger charge is 2.24. The molecule has 168 valence electrons. The van der Waals surface area contributed by atoms with E-state index in [1.165, 1.54) is 5.69 Å². The number of para-hydroxylation sites is 1. The highest BCUT2D eigenvalue weighted by molar-refractivity contribution is 6.30. The largest absolute Gasteiger partial charge is 0.368 e. The van der Waals surface area contributed by atoms with Crippen LogP contribution in [0.3, 0.4) is 0 Å². The van der Waals surface area contributed by atoms with Crippen molar-refractivity contribution in [3.05, 3.63) is 102 Å². The van der Waals surface area contributed by atoms with Gasteiger partial charge in [-0.15, -0.1) is 0 Å². The molecule has 5 aromatic rings. The fraction of sp³-hybridized carbons (Fsp3) is 0.143. The second-order valence-electron chi connectivity index (χ2n) is 8.46. The van der Waals surface area contributed by atoms with Gasteiger partial charge in [0.2, 0.25) is 0 Å². The lowest BCUT2D eigenvalue weighted by atomic mass is 10.1. The summed E-state index contributed by atoms with van der Waals surface area (Å²) in [5.74, 6) is 0.990. The Labute approximate surface area is 203 Å². The quantitative estimate of drug-likeness (QED) is 0.323. The van der Waals surface area contributed by atoms with Crippen LogP contribution in [0.4, 0.5) is 11.5 Å². The van der Waals surface area contributed by atoms with Crippen molar-refractivity contribution in [2.24, 2.45) is 0 Å². The molecular weight excluding hydrogens is 442 g/mol. The fourth-order valence-corrected chi connectivity index (χ4v) is 4.86. The number of piperazine rings is 1. The van der Waals surface area contributed by atoms with E-state index in [0.29, 0.717) is 0 Å². The maximum absolute atomic E-state index is 6.16. The molecule has 1 saturated heterocycles. The fourth-order valence-electron chi connectivity index (χ4n) is 4.74. The topological polar surface area (TPSA) is 37.2 Å². The monoisotopic (exact) mass is 465 g/mol. The van der Waals surface area contributed by atoms with Gasteiger partial charge in [-0.1, -0.05) is 60.1 Å². The molecule has 0 aliphatic carbocycles. The molecule has 5 nitrogen and oxygen atoms in total. The Morgan fingerprint density at radius 2 is 1.29 bits per heavy atom. The Hall–Kier alpha value is -3.83. The van der Waals surface area contributed by atoms with E-state index in [9.17, 15) is 0 Å². The predicted molar refractivity (Wildman–Crippen MR) is 140 cm³/mol. The van der Waals surface area contributed by atoms with E-state index in [4.69, 9.17) is 21.6 Å². The lowest BCUT2D eigenvalue weighted by molar-refractivity contribution is 0.649. The predicted octanol–water partition coefficient (Wildman–Crippen LogP) is 6.07. The van der Waals surface area contributed by atoms with Crippen LogP contribution < -0.4 is 9.80 Å².